The van der Waals surface area contributed by atoms with Crippen LogP contribution in [0, 0.1) is 5.92 Å². The molecule has 0 aliphatic carbocycles. The average Bonchev–Trinajstić information content (AvgIpc) is 1.88. The standard InChI is InChI=1S/C9H16O/c1-7(2)9-6-4-5-8(3)10-9/h4,6-9H,5H2,1-3H3/t8-,9+/m1/s1. The molecular formula is C9H16O. The molecule has 0 spiro atoms. The molecule has 58 valence electrons. The van der Waals surface area contributed by atoms with Crippen LogP contribution in [0.4, 0.5) is 0 Å². The summed E-state index contributed by atoms with van der Waals surface area (Å²) in [4.78, 5) is 0. The molecule has 1 aliphatic heterocycles. The summed E-state index contributed by atoms with van der Waals surface area (Å²) < 4.78 is 5.66. The van der Waals surface area contributed by atoms with Crippen molar-refractivity contribution >= 4 is 0 Å². The van der Waals surface area contributed by atoms with E-state index in [-0.39, 0.29) is 0 Å². The van der Waals surface area contributed by atoms with Crippen molar-refractivity contribution < 1.29 is 4.74 Å². The van der Waals surface area contributed by atoms with Crippen LogP contribution in [0.25, 0.3) is 0 Å². The van der Waals surface area contributed by atoms with E-state index in [1.807, 2.05) is 0 Å². The molecule has 0 aromatic carbocycles. The maximum absolute atomic E-state index is 5.66. The topological polar surface area (TPSA) is 9.23 Å². The Morgan fingerprint density at radius 2 is 2.20 bits per heavy atom. The predicted molar refractivity (Wildman–Crippen MR) is 42.9 cm³/mol. The Morgan fingerprint density at radius 1 is 1.50 bits per heavy atom. The lowest BCUT2D eigenvalue weighted by molar-refractivity contribution is -0.00566. The van der Waals surface area contributed by atoms with Crippen molar-refractivity contribution in [3.8, 4) is 0 Å². The smallest absolute Gasteiger partial charge is 0.0782 e. The highest BCUT2D eigenvalue weighted by Gasteiger charge is 2.16. The van der Waals surface area contributed by atoms with Gasteiger partial charge in [0.1, 0.15) is 0 Å². The van der Waals surface area contributed by atoms with Crippen LogP contribution in [0.5, 0.6) is 0 Å². The zero-order chi connectivity index (χ0) is 7.56. The maximum Gasteiger partial charge on any atom is 0.0782 e. The first-order valence-electron chi connectivity index (χ1n) is 4.02. The minimum atomic E-state index is 0.351. The monoisotopic (exact) mass is 140 g/mol. The molecule has 0 amide bonds. The highest BCUT2D eigenvalue weighted by molar-refractivity contribution is 4.96. The van der Waals surface area contributed by atoms with Gasteiger partial charge < -0.3 is 4.74 Å². The molecule has 0 fully saturated rings. The minimum Gasteiger partial charge on any atom is -0.371 e. The SMILES string of the molecule is CC(C)[C@@H]1C=CC[C@@H](C)O1. The third-order valence-electron chi connectivity index (χ3n) is 1.84. The van der Waals surface area contributed by atoms with Crippen LogP contribution >= 0.6 is 0 Å². The van der Waals surface area contributed by atoms with Crippen LogP contribution < -0.4 is 0 Å². The van der Waals surface area contributed by atoms with Gasteiger partial charge in [-0.2, -0.15) is 0 Å². The predicted octanol–water partition coefficient (Wildman–Crippen LogP) is 2.38. The van der Waals surface area contributed by atoms with Crippen molar-refractivity contribution in [1.82, 2.24) is 0 Å². The number of rotatable bonds is 1. The van der Waals surface area contributed by atoms with Crippen molar-refractivity contribution in [2.45, 2.75) is 39.4 Å². The molecule has 0 saturated heterocycles. The van der Waals surface area contributed by atoms with Gasteiger partial charge in [0.15, 0.2) is 0 Å². The lowest BCUT2D eigenvalue weighted by Gasteiger charge is -2.25. The Hall–Kier alpha value is -0.300. The summed E-state index contributed by atoms with van der Waals surface area (Å²) in [6, 6.07) is 0. The summed E-state index contributed by atoms with van der Waals surface area (Å²) in [7, 11) is 0. The minimum absolute atomic E-state index is 0.351. The molecule has 1 rings (SSSR count). The fourth-order valence-corrected chi connectivity index (χ4v) is 1.15. The van der Waals surface area contributed by atoms with E-state index in [4.69, 9.17) is 4.74 Å². The van der Waals surface area contributed by atoms with Crippen LogP contribution in [0.15, 0.2) is 12.2 Å². The van der Waals surface area contributed by atoms with Gasteiger partial charge in [-0.1, -0.05) is 26.0 Å². The lowest BCUT2D eigenvalue weighted by Crippen LogP contribution is -2.25. The molecule has 0 radical (unpaired) electrons. The second kappa shape index (κ2) is 3.20. The first-order valence-corrected chi connectivity index (χ1v) is 4.02. The molecule has 0 saturated carbocycles. The summed E-state index contributed by atoms with van der Waals surface area (Å²) in [6.07, 6.45) is 6.23. The van der Waals surface area contributed by atoms with E-state index in [0.29, 0.717) is 18.1 Å². The number of ether oxygens (including phenoxy) is 1. The molecule has 0 unspecified atom stereocenters. The van der Waals surface area contributed by atoms with Gasteiger partial charge in [-0.15, -0.1) is 0 Å². The third kappa shape index (κ3) is 1.84. The molecule has 0 N–H and O–H groups in total. The molecule has 1 aliphatic rings. The average molecular weight is 140 g/mol. The van der Waals surface area contributed by atoms with E-state index < -0.39 is 0 Å². The summed E-state index contributed by atoms with van der Waals surface area (Å²) in [5.74, 6) is 0.610. The van der Waals surface area contributed by atoms with E-state index in [0.717, 1.165) is 6.42 Å². The van der Waals surface area contributed by atoms with E-state index in [9.17, 15) is 0 Å². The van der Waals surface area contributed by atoms with E-state index in [1.165, 1.54) is 0 Å². The first kappa shape index (κ1) is 7.80. The van der Waals surface area contributed by atoms with Crippen LogP contribution in [0.2, 0.25) is 0 Å². The van der Waals surface area contributed by atoms with Gasteiger partial charge in [0, 0.05) is 0 Å². The quantitative estimate of drug-likeness (QED) is 0.508. The zero-order valence-corrected chi connectivity index (χ0v) is 7.00. The third-order valence-corrected chi connectivity index (χ3v) is 1.84. The number of hydrogen-bond donors (Lipinski definition) is 0. The molecule has 2 atom stereocenters. The Labute approximate surface area is 63.1 Å². The maximum atomic E-state index is 5.66. The van der Waals surface area contributed by atoms with Gasteiger partial charge >= 0.3 is 0 Å². The van der Waals surface area contributed by atoms with Gasteiger partial charge in [0.05, 0.1) is 12.2 Å². The fraction of sp³-hybridized carbons (Fsp3) is 0.778. The molecule has 1 nitrogen and oxygen atoms in total. The van der Waals surface area contributed by atoms with Crippen molar-refractivity contribution in [3.05, 3.63) is 12.2 Å². The molecular weight excluding hydrogens is 124 g/mol. The zero-order valence-electron chi connectivity index (χ0n) is 7.00. The molecule has 0 bridgehead atoms. The normalized spacial score (nSPS) is 33.2. The molecule has 1 heterocycles. The summed E-state index contributed by atoms with van der Waals surface area (Å²) in [6.45, 7) is 6.50. The van der Waals surface area contributed by atoms with E-state index in [2.05, 4.69) is 32.9 Å². The van der Waals surface area contributed by atoms with Gasteiger partial charge in [-0.05, 0) is 19.3 Å². The largest absolute Gasteiger partial charge is 0.371 e. The fourth-order valence-electron chi connectivity index (χ4n) is 1.15. The second-order valence-corrected chi connectivity index (χ2v) is 3.32. The highest BCUT2D eigenvalue weighted by atomic mass is 16.5. The summed E-state index contributed by atoms with van der Waals surface area (Å²) >= 11 is 0. The number of hydrogen-bond acceptors (Lipinski definition) is 1. The molecule has 0 aromatic heterocycles. The van der Waals surface area contributed by atoms with E-state index >= 15 is 0 Å². The first-order chi connectivity index (χ1) is 4.70. The Bertz CT molecular complexity index is 127. The van der Waals surface area contributed by atoms with Gasteiger partial charge in [-0.25, -0.2) is 0 Å². The summed E-state index contributed by atoms with van der Waals surface area (Å²) in [5.41, 5.74) is 0. The van der Waals surface area contributed by atoms with Crippen molar-refractivity contribution in [2.24, 2.45) is 5.92 Å². The second-order valence-electron chi connectivity index (χ2n) is 3.32. The van der Waals surface area contributed by atoms with Crippen molar-refractivity contribution in [2.75, 3.05) is 0 Å². The van der Waals surface area contributed by atoms with Crippen LogP contribution in [-0.4, -0.2) is 12.2 Å². The molecule has 0 aromatic rings. The van der Waals surface area contributed by atoms with Crippen molar-refractivity contribution in [1.29, 1.82) is 0 Å². The lowest BCUT2D eigenvalue weighted by atomic mass is 10.0. The van der Waals surface area contributed by atoms with Gasteiger partial charge in [0.2, 0.25) is 0 Å². The van der Waals surface area contributed by atoms with Crippen LogP contribution in [-0.2, 0) is 4.74 Å². The Balaban J connectivity index is 2.47. The van der Waals surface area contributed by atoms with E-state index in [1.54, 1.807) is 0 Å². The van der Waals surface area contributed by atoms with Crippen molar-refractivity contribution in [3.63, 3.8) is 0 Å². The molecule has 10 heavy (non-hydrogen) atoms. The Morgan fingerprint density at radius 3 is 2.60 bits per heavy atom. The highest BCUT2D eigenvalue weighted by Crippen LogP contribution is 2.17. The van der Waals surface area contributed by atoms with Crippen LogP contribution in [0.3, 0.4) is 0 Å². The van der Waals surface area contributed by atoms with Crippen LogP contribution in [0.1, 0.15) is 27.2 Å². The molecule has 1 heteroatoms. The Kier molecular flexibility index (Phi) is 2.50. The summed E-state index contributed by atoms with van der Waals surface area (Å²) in [5, 5.41) is 0. The van der Waals surface area contributed by atoms with Gasteiger partial charge in [0.25, 0.3) is 0 Å². The van der Waals surface area contributed by atoms with Gasteiger partial charge in [-0.3, -0.25) is 0 Å².